The molecule has 4 aliphatic carbocycles. The fraction of sp³-hybridized carbons (Fsp3) is 0.593. The van der Waals surface area contributed by atoms with E-state index in [0.717, 1.165) is 17.8 Å². The highest BCUT2D eigenvalue weighted by Gasteiger charge is 2.52. The van der Waals surface area contributed by atoms with Crippen LogP contribution in [0, 0.1) is 17.8 Å². The first-order chi connectivity index (χ1) is 15.6. The molecule has 4 fully saturated rings. The fourth-order valence-electron chi connectivity index (χ4n) is 6.68. The van der Waals surface area contributed by atoms with Crippen LogP contribution >= 0.6 is 11.3 Å². The number of rotatable bonds is 5. The topological polar surface area (TPSA) is 71.1 Å². The first-order valence-electron chi connectivity index (χ1n) is 12.3. The molecule has 0 aliphatic heterocycles. The van der Waals surface area contributed by atoms with E-state index in [1.54, 1.807) is 6.92 Å². The van der Waals surface area contributed by atoms with E-state index in [4.69, 9.17) is 4.98 Å². The van der Waals surface area contributed by atoms with Crippen LogP contribution in [0.3, 0.4) is 0 Å². The highest BCUT2D eigenvalue weighted by Crippen LogP contribution is 2.60. The summed E-state index contributed by atoms with van der Waals surface area (Å²) in [5.74, 6) is 2.11. The van der Waals surface area contributed by atoms with Crippen molar-refractivity contribution >= 4 is 28.3 Å². The molecule has 33 heavy (non-hydrogen) atoms. The van der Waals surface area contributed by atoms with Gasteiger partial charge in [-0.15, -0.1) is 11.3 Å². The molecule has 2 aromatic rings. The van der Waals surface area contributed by atoms with Gasteiger partial charge in [-0.3, -0.25) is 9.59 Å². The molecule has 1 atom stereocenters. The van der Waals surface area contributed by atoms with Crippen molar-refractivity contribution in [2.75, 3.05) is 5.32 Å². The Hall–Kier alpha value is -2.21. The molecular weight excluding hydrogens is 430 g/mol. The van der Waals surface area contributed by atoms with E-state index >= 15 is 0 Å². The maximum atomic E-state index is 12.8. The van der Waals surface area contributed by atoms with Crippen LogP contribution in [-0.2, 0) is 15.6 Å². The smallest absolute Gasteiger partial charge is 0.251 e. The van der Waals surface area contributed by atoms with E-state index in [2.05, 4.69) is 36.8 Å². The van der Waals surface area contributed by atoms with Gasteiger partial charge >= 0.3 is 0 Å². The van der Waals surface area contributed by atoms with Crippen LogP contribution in [-0.4, -0.2) is 22.8 Å². The Morgan fingerprint density at radius 1 is 1.03 bits per heavy atom. The molecule has 6 rings (SSSR count). The number of hydrogen-bond donors (Lipinski definition) is 2. The summed E-state index contributed by atoms with van der Waals surface area (Å²) in [6.07, 6.45) is 8.00. The van der Waals surface area contributed by atoms with Crippen LogP contribution in [0.5, 0.6) is 0 Å². The molecule has 1 aromatic carbocycles. The predicted octanol–water partition coefficient (Wildman–Crippen LogP) is 5.67. The second kappa shape index (κ2) is 8.23. The van der Waals surface area contributed by atoms with Crippen molar-refractivity contribution in [3.05, 3.63) is 46.5 Å². The van der Waals surface area contributed by atoms with E-state index in [9.17, 15) is 9.59 Å². The van der Waals surface area contributed by atoms with Gasteiger partial charge in [0, 0.05) is 16.4 Å². The summed E-state index contributed by atoms with van der Waals surface area (Å²) < 4.78 is 0. The second-order valence-corrected chi connectivity index (χ2v) is 12.6. The lowest BCUT2D eigenvalue weighted by Crippen LogP contribution is -2.48. The van der Waals surface area contributed by atoms with Crippen LogP contribution in [0.1, 0.15) is 87.8 Å². The van der Waals surface area contributed by atoms with Gasteiger partial charge in [0.25, 0.3) is 5.91 Å². The van der Waals surface area contributed by atoms with Crippen LogP contribution in [0.2, 0.25) is 0 Å². The minimum atomic E-state index is -0.647. The Bertz CT molecular complexity index is 1010. The quantitative estimate of drug-likeness (QED) is 0.598. The lowest BCUT2D eigenvalue weighted by molar-refractivity contribution is -0.117. The first-order valence-corrected chi connectivity index (χ1v) is 13.2. The van der Waals surface area contributed by atoms with E-state index in [-0.39, 0.29) is 22.6 Å². The Balaban J connectivity index is 1.20. The number of anilines is 1. The van der Waals surface area contributed by atoms with Gasteiger partial charge in [0.15, 0.2) is 5.13 Å². The van der Waals surface area contributed by atoms with Crippen molar-refractivity contribution in [2.24, 2.45) is 17.8 Å². The SMILES string of the molecule is CC(NC(=O)c1ccc(C(C)(C)C)cc1)C(=O)Nc1nc(C23CC4CC(CC(C4)C2)C3)cs1. The third kappa shape index (κ3) is 4.46. The van der Waals surface area contributed by atoms with Crippen LogP contribution < -0.4 is 10.6 Å². The zero-order chi connectivity index (χ0) is 23.4. The number of nitrogens with zero attached hydrogens (tertiary/aromatic N) is 1. The largest absolute Gasteiger partial charge is 0.341 e. The molecule has 0 spiro atoms. The van der Waals surface area contributed by atoms with Crippen molar-refractivity contribution in [1.82, 2.24) is 10.3 Å². The summed E-state index contributed by atoms with van der Waals surface area (Å²) in [6.45, 7) is 8.13. The summed E-state index contributed by atoms with van der Waals surface area (Å²) >= 11 is 1.51. The van der Waals surface area contributed by atoms with E-state index in [0.29, 0.717) is 10.7 Å². The highest BCUT2D eigenvalue weighted by molar-refractivity contribution is 7.14. The molecule has 0 radical (unpaired) electrons. The maximum absolute atomic E-state index is 12.8. The van der Waals surface area contributed by atoms with Gasteiger partial charge in [-0.05, 0) is 86.3 Å². The number of benzene rings is 1. The average molecular weight is 466 g/mol. The zero-order valence-corrected chi connectivity index (χ0v) is 20.9. The Morgan fingerprint density at radius 3 is 2.15 bits per heavy atom. The van der Waals surface area contributed by atoms with E-state index in [1.807, 2.05) is 24.3 Å². The van der Waals surface area contributed by atoms with Crippen molar-refractivity contribution in [1.29, 1.82) is 0 Å². The highest BCUT2D eigenvalue weighted by atomic mass is 32.1. The Morgan fingerprint density at radius 2 is 1.61 bits per heavy atom. The minimum Gasteiger partial charge on any atom is -0.341 e. The third-order valence-corrected chi connectivity index (χ3v) is 8.83. The van der Waals surface area contributed by atoms with Gasteiger partial charge in [-0.2, -0.15) is 0 Å². The van der Waals surface area contributed by atoms with Gasteiger partial charge in [0.05, 0.1) is 5.69 Å². The van der Waals surface area contributed by atoms with Crippen LogP contribution in [0.4, 0.5) is 5.13 Å². The van der Waals surface area contributed by atoms with Crippen molar-refractivity contribution < 1.29 is 9.59 Å². The number of hydrogen-bond acceptors (Lipinski definition) is 4. The molecule has 176 valence electrons. The molecule has 0 saturated heterocycles. The number of thiazole rings is 1. The lowest BCUT2D eigenvalue weighted by Gasteiger charge is -2.56. The minimum absolute atomic E-state index is 0.0327. The normalized spacial score (nSPS) is 29.0. The summed E-state index contributed by atoms with van der Waals surface area (Å²) in [5.41, 5.74) is 3.17. The van der Waals surface area contributed by atoms with Crippen LogP contribution in [0.25, 0.3) is 0 Å². The Labute approximate surface area is 200 Å². The van der Waals surface area contributed by atoms with Crippen molar-refractivity contribution in [2.45, 2.75) is 83.1 Å². The molecule has 4 aliphatic rings. The monoisotopic (exact) mass is 465 g/mol. The van der Waals surface area contributed by atoms with Crippen molar-refractivity contribution in [3.8, 4) is 0 Å². The van der Waals surface area contributed by atoms with Gasteiger partial charge in [0.1, 0.15) is 6.04 Å². The van der Waals surface area contributed by atoms with Gasteiger partial charge in [-0.25, -0.2) is 4.98 Å². The van der Waals surface area contributed by atoms with E-state index in [1.165, 1.54) is 61.1 Å². The molecule has 4 bridgehead atoms. The second-order valence-electron chi connectivity index (χ2n) is 11.7. The molecular formula is C27H35N3O2S. The fourth-order valence-corrected chi connectivity index (χ4v) is 7.52. The molecule has 6 heteroatoms. The molecule has 1 aromatic heterocycles. The summed E-state index contributed by atoms with van der Waals surface area (Å²) in [6, 6.07) is 6.94. The standard InChI is InChI=1S/C27H35N3O2S/c1-16(28-24(32)20-5-7-21(8-6-20)26(2,3)4)23(31)30-25-29-22(15-33-25)27-12-17-9-18(13-27)11-19(10-17)14-27/h5-8,15-19H,9-14H2,1-4H3,(H,28,32)(H,29,30,31). The summed E-state index contributed by atoms with van der Waals surface area (Å²) in [5, 5.41) is 8.55. The predicted molar refractivity (Wildman–Crippen MR) is 133 cm³/mol. The van der Waals surface area contributed by atoms with Gasteiger partial charge in [-0.1, -0.05) is 32.9 Å². The number of amides is 2. The number of carbonyl (C=O) groups excluding carboxylic acids is 2. The van der Waals surface area contributed by atoms with Crippen molar-refractivity contribution in [3.63, 3.8) is 0 Å². The number of aromatic nitrogens is 1. The molecule has 2 amide bonds. The molecule has 1 unspecified atom stereocenters. The summed E-state index contributed by atoms with van der Waals surface area (Å²) in [7, 11) is 0. The number of carbonyl (C=O) groups is 2. The molecule has 1 heterocycles. The molecule has 2 N–H and O–H groups in total. The van der Waals surface area contributed by atoms with E-state index < -0.39 is 6.04 Å². The lowest BCUT2D eigenvalue weighted by atomic mass is 9.49. The maximum Gasteiger partial charge on any atom is 0.251 e. The zero-order valence-electron chi connectivity index (χ0n) is 20.1. The van der Waals surface area contributed by atoms with Crippen LogP contribution in [0.15, 0.2) is 29.6 Å². The van der Waals surface area contributed by atoms with Gasteiger partial charge in [0.2, 0.25) is 5.91 Å². The summed E-state index contributed by atoms with van der Waals surface area (Å²) in [4.78, 5) is 30.3. The number of nitrogens with one attached hydrogen (secondary N) is 2. The van der Waals surface area contributed by atoms with Gasteiger partial charge < -0.3 is 10.6 Å². The Kier molecular flexibility index (Phi) is 5.63. The first kappa shape index (κ1) is 22.6. The average Bonchev–Trinajstić information content (AvgIpc) is 3.21. The molecule has 4 saturated carbocycles. The third-order valence-electron chi connectivity index (χ3n) is 8.07. The molecule has 5 nitrogen and oxygen atoms in total.